The van der Waals surface area contributed by atoms with Gasteiger partial charge in [-0.1, -0.05) is 85.6 Å². The van der Waals surface area contributed by atoms with E-state index in [9.17, 15) is 19.2 Å². The number of pyridine rings is 1. The predicted octanol–water partition coefficient (Wildman–Crippen LogP) is 5.26. The van der Waals surface area contributed by atoms with Crippen LogP contribution in [0.15, 0.2) is 91.3 Å². The number of hydrogen-bond acceptors (Lipinski definition) is 5. The van der Waals surface area contributed by atoms with E-state index in [1.165, 1.54) is 25.5 Å². The van der Waals surface area contributed by atoms with Crippen LogP contribution >= 0.6 is 11.6 Å². The molecule has 0 spiro atoms. The van der Waals surface area contributed by atoms with E-state index in [1.54, 1.807) is 28.1 Å². The fourth-order valence-electron chi connectivity index (χ4n) is 7.18. The summed E-state index contributed by atoms with van der Waals surface area (Å²) in [5.74, 6) is -1.73. The van der Waals surface area contributed by atoms with Gasteiger partial charge in [-0.2, -0.15) is 0 Å². The summed E-state index contributed by atoms with van der Waals surface area (Å²) in [5.41, 5.74) is 3.49. The number of amides is 4. The molecule has 51 heavy (non-hydrogen) atoms. The van der Waals surface area contributed by atoms with E-state index in [0.29, 0.717) is 30.4 Å². The summed E-state index contributed by atoms with van der Waals surface area (Å²) in [6, 6.07) is 25.6. The highest BCUT2D eigenvalue weighted by atomic mass is 35.5. The number of carbonyl (C=O) groups is 4. The summed E-state index contributed by atoms with van der Waals surface area (Å²) in [7, 11) is 1.51. The van der Waals surface area contributed by atoms with Crippen LogP contribution in [0.2, 0.25) is 5.02 Å². The van der Waals surface area contributed by atoms with Gasteiger partial charge in [0.15, 0.2) is 0 Å². The van der Waals surface area contributed by atoms with Gasteiger partial charge in [0.05, 0.1) is 18.9 Å². The fraction of sp³-hybridized carbons (Fsp3) is 0.325. The highest BCUT2D eigenvalue weighted by molar-refractivity contribution is 6.31. The molecule has 264 valence electrons. The summed E-state index contributed by atoms with van der Waals surface area (Å²) in [6.45, 7) is 3.48. The van der Waals surface area contributed by atoms with Gasteiger partial charge in [-0.15, -0.1) is 0 Å². The standard InChI is InChI=1S/C31H31ClN6O4.C9H12/c1-33-28(39)13-36-30(41)25-17-37(29(40)9-20-12-34-26-10-22(32)6-7-23(20)26)14-21-15-38(16-24(21)25)31(42)27-8-18-4-2-3-5-19(18)11-35-27;1-2-6-9-7-4-3-5-8-9/h2-8,10-12,21,24-25,34H,9,13-17H2,1H3,(H,33,39)(H,36,41);3-5,7-8H,2,6H2,1H3. The van der Waals surface area contributed by atoms with E-state index in [-0.39, 0.29) is 55.0 Å². The third-order valence-corrected chi connectivity index (χ3v) is 10.1. The van der Waals surface area contributed by atoms with Gasteiger partial charge in [0, 0.05) is 66.9 Å². The number of hydrogen-bond donors (Lipinski definition) is 3. The normalized spacial score (nSPS) is 18.1. The summed E-state index contributed by atoms with van der Waals surface area (Å²) < 4.78 is 0. The zero-order valence-electron chi connectivity index (χ0n) is 28.9. The number of piperidine rings is 1. The molecule has 7 rings (SSSR count). The highest BCUT2D eigenvalue weighted by Crippen LogP contribution is 2.36. The van der Waals surface area contributed by atoms with Crippen molar-refractivity contribution in [3.05, 3.63) is 113 Å². The number of H-pyrrole nitrogens is 1. The van der Waals surface area contributed by atoms with Crippen LogP contribution in [0.3, 0.4) is 0 Å². The summed E-state index contributed by atoms with van der Waals surface area (Å²) in [4.78, 5) is 63.4. The minimum Gasteiger partial charge on any atom is -0.361 e. The first-order valence-corrected chi connectivity index (χ1v) is 17.8. The third-order valence-electron chi connectivity index (χ3n) is 9.86. The molecule has 2 aromatic heterocycles. The number of carbonyl (C=O) groups excluding carboxylic acids is 4. The smallest absolute Gasteiger partial charge is 0.272 e. The molecule has 2 aliphatic heterocycles. The second-order valence-electron chi connectivity index (χ2n) is 13.3. The maximum absolute atomic E-state index is 13.6. The molecule has 0 aliphatic carbocycles. The molecule has 2 fully saturated rings. The second kappa shape index (κ2) is 16.2. The van der Waals surface area contributed by atoms with E-state index >= 15 is 0 Å². The maximum Gasteiger partial charge on any atom is 0.272 e. The van der Waals surface area contributed by atoms with Crippen LogP contribution in [0.1, 0.15) is 35.0 Å². The number of aromatic amines is 1. The molecule has 3 aromatic carbocycles. The molecule has 3 unspecified atom stereocenters. The number of fused-ring (bicyclic) bond motifs is 3. The Balaban J connectivity index is 0.000000435. The molecular formula is C40H43ClN6O4. The largest absolute Gasteiger partial charge is 0.361 e. The Hall–Kier alpha value is -5.22. The molecule has 0 saturated carbocycles. The van der Waals surface area contributed by atoms with Crippen molar-refractivity contribution in [1.29, 1.82) is 0 Å². The molecule has 3 atom stereocenters. The van der Waals surface area contributed by atoms with Crippen molar-refractivity contribution in [3.8, 4) is 0 Å². The van der Waals surface area contributed by atoms with Gasteiger partial charge >= 0.3 is 0 Å². The molecule has 2 aliphatic rings. The van der Waals surface area contributed by atoms with Gasteiger partial charge in [0.2, 0.25) is 17.7 Å². The Morgan fingerprint density at radius 3 is 2.41 bits per heavy atom. The zero-order valence-corrected chi connectivity index (χ0v) is 29.7. The minimum absolute atomic E-state index is 0.0929. The Kier molecular flexibility index (Phi) is 11.3. The zero-order chi connectivity index (χ0) is 35.9. The molecule has 11 heteroatoms. The lowest BCUT2D eigenvalue weighted by molar-refractivity contribution is -0.139. The van der Waals surface area contributed by atoms with Crippen LogP contribution in [-0.4, -0.2) is 83.2 Å². The van der Waals surface area contributed by atoms with Gasteiger partial charge in [-0.05, 0) is 53.0 Å². The molecule has 3 N–H and O–H groups in total. The first-order valence-electron chi connectivity index (χ1n) is 17.4. The quantitative estimate of drug-likeness (QED) is 0.203. The van der Waals surface area contributed by atoms with E-state index < -0.39 is 5.92 Å². The number of aryl methyl sites for hydroxylation is 1. The van der Waals surface area contributed by atoms with Crippen molar-refractivity contribution in [1.82, 2.24) is 30.4 Å². The SMILES string of the molecule is CCCc1ccccc1.CNC(=O)CNC(=O)C1CN(C(=O)Cc2c[nH]c3cc(Cl)ccc23)CC2CN(C(=O)c3cc4ccccc4cn3)CC21. The lowest BCUT2D eigenvalue weighted by Gasteiger charge is -2.39. The van der Waals surface area contributed by atoms with Crippen molar-refractivity contribution in [2.24, 2.45) is 17.8 Å². The van der Waals surface area contributed by atoms with Crippen LogP contribution in [0.5, 0.6) is 0 Å². The molecule has 0 bridgehead atoms. The summed E-state index contributed by atoms with van der Waals surface area (Å²) >= 11 is 6.12. The van der Waals surface area contributed by atoms with Crippen LogP contribution in [0.25, 0.3) is 21.7 Å². The van der Waals surface area contributed by atoms with E-state index in [0.717, 1.165) is 27.2 Å². The number of aromatic nitrogens is 2. The number of nitrogens with zero attached hydrogens (tertiary/aromatic N) is 3. The number of nitrogens with one attached hydrogen (secondary N) is 3. The van der Waals surface area contributed by atoms with Gasteiger partial charge < -0.3 is 25.4 Å². The van der Waals surface area contributed by atoms with Crippen molar-refractivity contribution in [2.75, 3.05) is 39.8 Å². The lowest BCUT2D eigenvalue weighted by atomic mass is 9.79. The molecule has 4 heterocycles. The summed E-state index contributed by atoms with van der Waals surface area (Å²) in [6.07, 6.45) is 6.12. The first-order chi connectivity index (χ1) is 24.7. The van der Waals surface area contributed by atoms with Crippen molar-refractivity contribution in [3.63, 3.8) is 0 Å². The van der Waals surface area contributed by atoms with E-state index in [2.05, 4.69) is 57.9 Å². The Bertz CT molecular complexity index is 2030. The first kappa shape index (κ1) is 35.6. The average Bonchev–Trinajstić information content (AvgIpc) is 3.77. The highest BCUT2D eigenvalue weighted by Gasteiger charge is 2.48. The number of likely N-dealkylation sites (N-methyl/N-ethyl adjacent to an activating group) is 1. The van der Waals surface area contributed by atoms with Crippen molar-refractivity contribution >= 4 is 56.9 Å². The third kappa shape index (κ3) is 8.40. The van der Waals surface area contributed by atoms with Crippen molar-refractivity contribution < 1.29 is 19.2 Å². The summed E-state index contributed by atoms with van der Waals surface area (Å²) in [5, 5.41) is 8.63. The number of halogens is 1. The monoisotopic (exact) mass is 706 g/mol. The molecule has 2 saturated heterocycles. The van der Waals surface area contributed by atoms with Gasteiger partial charge in [0.1, 0.15) is 5.69 Å². The van der Waals surface area contributed by atoms with Gasteiger partial charge in [0.25, 0.3) is 5.91 Å². The van der Waals surface area contributed by atoms with Crippen LogP contribution in [-0.2, 0) is 27.2 Å². The van der Waals surface area contributed by atoms with Crippen LogP contribution in [0, 0.1) is 17.8 Å². The Labute approximate surface area is 302 Å². The lowest BCUT2D eigenvalue weighted by Crippen LogP contribution is -2.54. The van der Waals surface area contributed by atoms with E-state index in [4.69, 9.17) is 11.6 Å². The molecule has 4 amide bonds. The molecular weight excluding hydrogens is 664 g/mol. The molecule has 0 radical (unpaired) electrons. The Morgan fingerprint density at radius 1 is 0.902 bits per heavy atom. The predicted molar refractivity (Wildman–Crippen MR) is 199 cm³/mol. The molecule has 10 nitrogen and oxygen atoms in total. The van der Waals surface area contributed by atoms with Gasteiger partial charge in [-0.3, -0.25) is 24.2 Å². The van der Waals surface area contributed by atoms with Crippen molar-refractivity contribution in [2.45, 2.75) is 26.2 Å². The maximum atomic E-state index is 13.6. The molecule has 5 aromatic rings. The Morgan fingerprint density at radius 2 is 1.65 bits per heavy atom. The average molecular weight is 707 g/mol. The van der Waals surface area contributed by atoms with Crippen LogP contribution in [0.4, 0.5) is 0 Å². The number of rotatable bonds is 8. The second-order valence-corrected chi connectivity index (χ2v) is 13.7. The van der Waals surface area contributed by atoms with Gasteiger partial charge in [-0.25, -0.2) is 0 Å². The van der Waals surface area contributed by atoms with E-state index in [1.807, 2.05) is 42.6 Å². The fourth-order valence-corrected chi connectivity index (χ4v) is 7.36. The topological polar surface area (TPSA) is 128 Å². The van der Waals surface area contributed by atoms with Crippen LogP contribution < -0.4 is 10.6 Å². The minimum atomic E-state index is -0.568. The number of likely N-dealkylation sites (tertiary alicyclic amines) is 2. The number of benzene rings is 3.